The van der Waals surface area contributed by atoms with Crippen LogP contribution in [-0.2, 0) is 16.0 Å². The first-order valence-electron chi connectivity index (χ1n) is 8.59. The molecule has 3 aromatic rings. The van der Waals surface area contributed by atoms with E-state index in [1.54, 1.807) is 18.2 Å². The van der Waals surface area contributed by atoms with E-state index < -0.39 is 18.1 Å². The highest BCUT2D eigenvalue weighted by Gasteiger charge is 2.32. The molecule has 0 spiro atoms. The Hall–Kier alpha value is -3.60. The maximum absolute atomic E-state index is 11.9. The summed E-state index contributed by atoms with van der Waals surface area (Å²) >= 11 is 0. The van der Waals surface area contributed by atoms with Crippen molar-refractivity contribution in [2.24, 2.45) is 0 Å². The smallest absolute Gasteiger partial charge is 0.414 e. The van der Waals surface area contributed by atoms with E-state index in [0.717, 1.165) is 27.8 Å². The second-order valence-corrected chi connectivity index (χ2v) is 6.38. The van der Waals surface area contributed by atoms with E-state index in [0.29, 0.717) is 0 Å². The predicted molar refractivity (Wildman–Crippen MR) is 101 cm³/mol. The Morgan fingerprint density at radius 2 is 1.63 bits per heavy atom. The average molecular weight is 359 g/mol. The van der Waals surface area contributed by atoms with E-state index in [9.17, 15) is 14.7 Å². The molecule has 1 aliphatic heterocycles. The fourth-order valence-electron chi connectivity index (χ4n) is 3.26. The van der Waals surface area contributed by atoms with Gasteiger partial charge in [0.15, 0.2) is 6.10 Å². The van der Waals surface area contributed by atoms with Gasteiger partial charge in [-0.25, -0.2) is 4.79 Å². The van der Waals surface area contributed by atoms with Crippen molar-refractivity contribution < 1.29 is 19.4 Å². The fourth-order valence-corrected chi connectivity index (χ4v) is 3.26. The Bertz CT molecular complexity index is 1010. The van der Waals surface area contributed by atoms with Crippen LogP contribution in [0.15, 0.2) is 72.8 Å². The third-order valence-corrected chi connectivity index (χ3v) is 4.54. The van der Waals surface area contributed by atoms with Crippen molar-refractivity contribution in [3.63, 3.8) is 0 Å². The summed E-state index contributed by atoms with van der Waals surface area (Å²) in [7, 11) is 0. The van der Waals surface area contributed by atoms with Gasteiger partial charge in [-0.2, -0.15) is 0 Å². The van der Waals surface area contributed by atoms with Gasteiger partial charge in [0.25, 0.3) is 5.91 Å². The minimum absolute atomic E-state index is 0.163. The summed E-state index contributed by atoms with van der Waals surface area (Å²) in [5, 5.41) is 12.0. The molecule has 27 heavy (non-hydrogen) atoms. The summed E-state index contributed by atoms with van der Waals surface area (Å²) in [6.45, 7) is 0. The maximum atomic E-state index is 11.9. The number of hydrogen-bond donors (Lipinski definition) is 2. The Balaban J connectivity index is 1.78. The number of phenolic OH excluding ortho intramolecular Hbond substituents is 1. The van der Waals surface area contributed by atoms with Gasteiger partial charge in [0.05, 0.1) is 0 Å². The highest BCUT2D eigenvalue weighted by molar-refractivity contribution is 6.00. The molecule has 0 radical (unpaired) electrons. The number of alkyl carbamates (subject to hydrolysis) is 1. The number of ether oxygens (including phenoxy) is 1. The zero-order valence-corrected chi connectivity index (χ0v) is 14.4. The average Bonchev–Trinajstić information content (AvgIpc) is 2.99. The summed E-state index contributed by atoms with van der Waals surface area (Å²) in [6, 6.07) is 22.8. The predicted octanol–water partition coefficient (Wildman–Crippen LogP) is 3.90. The van der Waals surface area contributed by atoms with Crippen molar-refractivity contribution in [3.8, 4) is 28.0 Å². The lowest BCUT2D eigenvalue weighted by Crippen LogP contribution is -2.26. The number of rotatable bonds is 4. The largest absolute Gasteiger partial charge is 0.508 e. The van der Waals surface area contributed by atoms with Crippen LogP contribution in [0.3, 0.4) is 0 Å². The lowest BCUT2D eigenvalue weighted by Gasteiger charge is -2.15. The van der Waals surface area contributed by atoms with Gasteiger partial charge in [0, 0.05) is 6.42 Å². The molecule has 0 aromatic heterocycles. The zero-order chi connectivity index (χ0) is 18.8. The van der Waals surface area contributed by atoms with Crippen LogP contribution in [0.1, 0.15) is 5.56 Å². The number of nitrogens with one attached hydrogen (secondary N) is 1. The maximum Gasteiger partial charge on any atom is 0.414 e. The molecule has 134 valence electrons. The number of hydrogen-bond acceptors (Lipinski definition) is 4. The van der Waals surface area contributed by atoms with Crippen LogP contribution in [-0.4, -0.2) is 23.2 Å². The number of amides is 2. The molecule has 5 heteroatoms. The lowest BCUT2D eigenvalue weighted by atomic mass is 9.92. The first-order chi connectivity index (χ1) is 13.1. The van der Waals surface area contributed by atoms with Crippen LogP contribution in [0.4, 0.5) is 4.79 Å². The molecule has 5 nitrogen and oxygen atoms in total. The van der Waals surface area contributed by atoms with E-state index in [1.807, 2.05) is 54.6 Å². The van der Waals surface area contributed by atoms with Gasteiger partial charge in [-0.3, -0.25) is 10.1 Å². The van der Waals surface area contributed by atoms with Crippen molar-refractivity contribution >= 4 is 12.0 Å². The topological polar surface area (TPSA) is 75.6 Å². The molecule has 1 fully saturated rings. The number of carbonyl (C=O) groups is 2. The second-order valence-electron chi connectivity index (χ2n) is 6.38. The van der Waals surface area contributed by atoms with E-state index in [4.69, 9.17) is 4.74 Å². The lowest BCUT2D eigenvalue weighted by molar-refractivity contribution is -0.123. The monoisotopic (exact) mass is 359 g/mol. The quantitative estimate of drug-likeness (QED) is 0.741. The van der Waals surface area contributed by atoms with Crippen LogP contribution < -0.4 is 5.32 Å². The van der Waals surface area contributed by atoms with Crippen LogP contribution in [0.2, 0.25) is 0 Å². The third-order valence-electron chi connectivity index (χ3n) is 4.54. The third kappa shape index (κ3) is 3.53. The molecule has 0 bridgehead atoms. The normalized spacial score (nSPS) is 16.1. The standard InChI is InChI=1S/C22H17NO4/c24-18-8-4-7-16(12-18)19-10-9-15(14-5-2-1-3-6-14)11-17(19)13-20-21(25)23-22(26)27-20/h1-12,20,24H,13H2,(H,23,25,26). The molecule has 1 unspecified atom stereocenters. The van der Waals surface area contributed by atoms with Gasteiger partial charge in [-0.1, -0.05) is 60.7 Å². The molecule has 0 saturated carbocycles. The van der Waals surface area contributed by atoms with Crippen LogP contribution in [0, 0.1) is 0 Å². The number of benzene rings is 3. The van der Waals surface area contributed by atoms with Gasteiger partial charge in [-0.15, -0.1) is 0 Å². The summed E-state index contributed by atoms with van der Waals surface area (Å²) in [5.74, 6) is -0.275. The Labute approximate surface area is 156 Å². The van der Waals surface area contributed by atoms with Crippen molar-refractivity contribution in [3.05, 3.63) is 78.4 Å². The first-order valence-corrected chi connectivity index (χ1v) is 8.59. The number of aromatic hydroxyl groups is 1. The molecule has 3 aromatic carbocycles. The number of cyclic esters (lactones) is 1. The molecule has 1 atom stereocenters. The summed E-state index contributed by atoms with van der Waals surface area (Å²) < 4.78 is 5.09. The first kappa shape index (κ1) is 16.8. The summed E-state index contributed by atoms with van der Waals surface area (Å²) in [4.78, 5) is 23.3. The van der Waals surface area contributed by atoms with Crippen molar-refractivity contribution in [1.29, 1.82) is 0 Å². The molecule has 2 amide bonds. The van der Waals surface area contributed by atoms with Gasteiger partial charge in [0.2, 0.25) is 0 Å². The summed E-state index contributed by atoms with van der Waals surface area (Å²) in [6.07, 6.45) is -1.33. The van der Waals surface area contributed by atoms with E-state index in [2.05, 4.69) is 5.32 Å². The molecule has 1 heterocycles. The number of imide groups is 1. The Kier molecular flexibility index (Phi) is 4.34. The Morgan fingerprint density at radius 1 is 0.852 bits per heavy atom. The molecule has 1 saturated heterocycles. The fraction of sp³-hybridized carbons (Fsp3) is 0.0909. The molecular formula is C22H17NO4. The minimum atomic E-state index is -0.861. The van der Waals surface area contributed by atoms with E-state index in [-0.39, 0.29) is 12.2 Å². The van der Waals surface area contributed by atoms with E-state index >= 15 is 0 Å². The second kappa shape index (κ2) is 6.96. The van der Waals surface area contributed by atoms with Gasteiger partial charge in [-0.05, 0) is 39.9 Å². The van der Waals surface area contributed by atoms with Crippen LogP contribution in [0.25, 0.3) is 22.3 Å². The van der Waals surface area contributed by atoms with Crippen molar-refractivity contribution in [2.45, 2.75) is 12.5 Å². The number of carbonyl (C=O) groups excluding carboxylic acids is 2. The van der Waals surface area contributed by atoms with Crippen LogP contribution in [0.5, 0.6) is 5.75 Å². The SMILES string of the molecule is O=C1NC(=O)C(Cc2cc(-c3ccccc3)ccc2-c2cccc(O)c2)O1. The van der Waals surface area contributed by atoms with Gasteiger partial charge >= 0.3 is 6.09 Å². The van der Waals surface area contributed by atoms with Crippen LogP contribution >= 0.6 is 0 Å². The minimum Gasteiger partial charge on any atom is -0.508 e. The summed E-state index contributed by atoms with van der Waals surface area (Å²) in [5.41, 5.74) is 4.61. The molecule has 4 rings (SSSR count). The van der Waals surface area contributed by atoms with Gasteiger partial charge < -0.3 is 9.84 Å². The number of phenols is 1. The van der Waals surface area contributed by atoms with Crippen molar-refractivity contribution in [2.75, 3.05) is 0 Å². The molecule has 2 N–H and O–H groups in total. The van der Waals surface area contributed by atoms with Gasteiger partial charge in [0.1, 0.15) is 5.75 Å². The zero-order valence-electron chi connectivity index (χ0n) is 14.4. The molecule has 1 aliphatic rings. The molecular weight excluding hydrogens is 342 g/mol. The van der Waals surface area contributed by atoms with E-state index in [1.165, 1.54) is 0 Å². The molecule has 0 aliphatic carbocycles. The highest BCUT2D eigenvalue weighted by Crippen LogP contribution is 2.32. The van der Waals surface area contributed by atoms with Crippen molar-refractivity contribution in [1.82, 2.24) is 5.32 Å². The highest BCUT2D eigenvalue weighted by atomic mass is 16.6. The Morgan fingerprint density at radius 3 is 2.33 bits per heavy atom.